The first-order chi connectivity index (χ1) is 13.7. The van der Waals surface area contributed by atoms with Gasteiger partial charge in [0.2, 0.25) is 0 Å². The van der Waals surface area contributed by atoms with Crippen molar-refractivity contribution in [1.82, 2.24) is 19.9 Å². The van der Waals surface area contributed by atoms with Crippen LogP contribution in [0.15, 0.2) is 41.1 Å². The molecular weight excluding hydrogens is 388 g/mol. The third-order valence-corrected chi connectivity index (χ3v) is 7.21. The number of para-hydroxylation sites is 2. The van der Waals surface area contributed by atoms with E-state index < -0.39 is 0 Å². The van der Waals surface area contributed by atoms with E-state index in [0.29, 0.717) is 5.92 Å². The molecule has 3 aromatic heterocycles. The minimum atomic E-state index is 0.111. The molecule has 1 saturated heterocycles. The van der Waals surface area contributed by atoms with Crippen LogP contribution >= 0.6 is 22.7 Å². The molecule has 4 heterocycles. The number of benzene rings is 1. The minimum absolute atomic E-state index is 0.111. The lowest BCUT2D eigenvalue weighted by Gasteiger charge is -2.30. The summed E-state index contributed by atoms with van der Waals surface area (Å²) in [5, 5.41) is 5.04. The quantitative estimate of drug-likeness (QED) is 0.514. The first-order valence-electron chi connectivity index (χ1n) is 9.43. The second kappa shape index (κ2) is 7.14. The highest BCUT2D eigenvalue weighted by atomic mass is 32.1. The van der Waals surface area contributed by atoms with Crippen LogP contribution in [0.25, 0.3) is 21.6 Å². The van der Waals surface area contributed by atoms with Crippen LogP contribution < -0.4 is 0 Å². The van der Waals surface area contributed by atoms with Crippen LogP contribution in [-0.2, 0) is 0 Å². The van der Waals surface area contributed by atoms with Gasteiger partial charge in [-0.3, -0.25) is 4.79 Å². The summed E-state index contributed by atoms with van der Waals surface area (Å²) in [5.74, 6) is 1.53. The molecule has 0 unspecified atom stereocenters. The van der Waals surface area contributed by atoms with Crippen LogP contribution in [0.5, 0.6) is 0 Å². The Morgan fingerprint density at radius 3 is 2.75 bits per heavy atom. The van der Waals surface area contributed by atoms with Crippen LogP contribution in [0, 0.1) is 6.92 Å². The van der Waals surface area contributed by atoms with Crippen LogP contribution in [0.3, 0.4) is 0 Å². The normalized spacial score (nSPS) is 15.4. The Labute approximate surface area is 171 Å². The second-order valence-corrected chi connectivity index (χ2v) is 8.93. The number of aromatic nitrogens is 3. The third kappa shape index (κ3) is 3.14. The summed E-state index contributed by atoms with van der Waals surface area (Å²) in [7, 11) is 0. The summed E-state index contributed by atoms with van der Waals surface area (Å²) in [4.78, 5) is 28.6. The smallest absolute Gasteiger partial charge is 0.265 e. The van der Waals surface area contributed by atoms with Crippen molar-refractivity contribution in [2.75, 3.05) is 13.1 Å². The van der Waals surface area contributed by atoms with Gasteiger partial charge in [-0.05, 0) is 43.3 Å². The topological polar surface area (TPSA) is 61.9 Å². The molecule has 0 atom stereocenters. The highest BCUT2D eigenvalue weighted by molar-refractivity contribution is 7.17. The number of carbonyl (C=O) groups excluding carboxylic acids is 1. The summed E-state index contributed by atoms with van der Waals surface area (Å²) >= 11 is 3.15. The van der Waals surface area contributed by atoms with Crippen LogP contribution in [0.2, 0.25) is 0 Å². The zero-order valence-corrected chi connectivity index (χ0v) is 17.1. The Balaban J connectivity index is 1.29. The molecule has 0 saturated carbocycles. The van der Waals surface area contributed by atoms with Crippen LogP contribution in [0.4, 0.5) is 0 Å². The summed E-state index contributed by atoms with van der Waals surface area (Å²) in [6.45, 7) is 3.44. The molecule has 7 heteroatoms. The van der Waals surface area contributed by atoms with Gasteiger partial charge >= 0.3 is 0 Å². The number of imidazole rings is 1. The fourth-order valence-electron chi connectivity index (χ4n) is 3.77. The molecule has 5 nitrogen and oxygen atoms in total. The van der Waals surface area contributed by atoms with Gasteiger partial charge in [-0.2, -0.15) is 11.3 Å². The van der Waals surface area contributed by atoms with E-state index in [1.54, 1.807) is 11.3 Å². The number of hydrogen-bond acceptors (Lipinski definition) is 5. The van der Waals surface area contributed by atoms with Gasteiger partial charge in [0, 0.05) is 30.0 Å². The number of thiazole rings is 1. The number of carbonyl (C=O) groups is 1. The molecule has 0 radical (unpaired) electrons. The number of H-pyrrole nitrogens is 1. The fourth-order valence-corrected chi connectivity index (χ4v) is 5.52. The largest absolute Gasteiger partial charge is 0.342 e. The highest BCUT2D eigenvalue weighted by Crippen LogP contribution is 2.32. The molecule has 0 spiro atoms. The average molecular weight is 409 g/mol. The van der Waals surface area contributed by atoms with Crippen LogP contribution in [0.1, 0.15) is 39.9 Å². The maximum atomic E-state index is 13.1. The van der Waals surface area contributed by atoms with E-state index in [4.69, 9.17) is 4.98 Å². The lowest BCUT2D eigenvalue weighted by Crippen LogP contribution is -2.38. The molecule has 4 aromatic rings. The number of nitrogens with one attached hydrogen (secondary N) is 1. The van der Waals surface area contributed by atoms with Gasteiger partial charge in [-0.1, -0.05) is 12.1 Å². The number of aryl methyl sites for hydroxylation is 1. The molecule has 1 fully saturated rings. The number of hydrogen-bond donors (Lipinski definition) is 1. The van der Waals surface area contributed by atoms with Gasteiger partial charge in [0.25, 0.3) is 5.91 Å². The van der Waals surface area contributed by atoms with Crippen molar-refractivity contribution in [2.45, 2.75) is 25.7 Å². The predicted molar refractivity (Wildman–Crippen MR) is 114 cm³/mol. The van der Waals surface area contributed by atoms with E-state index in [1.165, 1.54) is 11.3 Å². The average Bonchev–Trinajstić information content (AvgIpc) is 3.46. The predicted octanol–water partition coefficient (Wildman–Crippen LogP) is 5.08. The number of likely N-dealkylation sites (tertiary alicyclic amines) is 1. The molecule has 0 bridgehead atoms. The molecule has 1 N–H and O–H groups in total. The maximum Gasteiger partial charge on any atom is 0.265 e. The molecule has 0 aliphatic carbocycles. The summed E-state index contributed by atoms with van der Waals surface area (Å²) in [6, 6.07) is 10.2. The molecule has 1 aliphatic rings. The zero-order chi connectivity index (χ0) is 19.1. The fraction of sp³-hybridized carbons (Fsp3) is 0.286. The number of thiophene rings is 1. The van der Waals surface area contributed by atoms with Crippen molar-refractivity contribution in [3.63, 3.8) is 0 Å². The minimum Gasteiger partial charge on any atom is -0.342 e. The summed E-state index contributed by atoms with van der Waals surface area (Å²) in [5.41, 5.74) is 4.02. The Kier molecular flexibility index (Phi) is 4.49. The van der Waals surface area contributed by atoms with Crippen molar-refractivity contribution in [3.05, 3.63) is 57.5 Å². The van der Waals surface area contributed by atoms with E-state index in [9.17, 15) is 4.79 Å². The standard InChI is InChI=1S/C21H20N4OS2/c1-13-18(28-20(22-13)15-8-11-27-12-15)21(26)25-9-6-14(7-10-25)19-23-16-4-2-3-5-17(16)24-19/h2-5,8,11-12,14H,6-7,9-10H2,1H3,(H,23,24). The molecule has 28 heavy (non-hydrogen) atoms. The first kappa shape index (κ1) is 17.6. The number of amides is 1. The number of piperidine rings is 1. The van der Waals surface area contributed by atoms with E-state index in [-0.39, 0.29) is 5.91 Å². The number of rotatable bonds is 3. The van der Waals surface area contributed by atoms with E-state index in [0.717, 1.165) is 63.9 Å². The van der Waals surface area contributed by atoms with Gasteiger partial charge < -0.3 is 9.88 Å². The molecule has 5 rings (SSSR count). The van der Waals surface area contributed by atoms with Crippen molar-refractivity contribution in [1.29, 1.82) is 0 Å². The molecule has 142 valence electrons. The lowest BCUT2D eigenvalue weighted by molar-refractivity contribution is 0.0715. The molecular formula is C21H20N4OS2. The van der Waals surface area contributed by atoms with Gasteiger partial charge in [0.15, 0.2) is 0 Å². The second-order valence-electron chi connectivity index (χ2n) is 7.15. The van der Waals surface area contributed by atoms with Gasteiger partial charge in [0.1, 0.15) is 15.7 Å². The van der Waals surface area contributed by atoms with Crippen molar-refractivity contribution >= 4 is 39.6 Å². The lowest BCUT2D eigenvalue weighted by atomic mass is 9.96. The number of aromatic amines is 1. The van der Waals surface area contributed by atoms with Crippen molar-refractivity contribution in [2.24, 2.45) is 0 Å². The Bertz CT molecular complexity index is 1090. The molecule has 1 aromatic carbocycles. The highest BCUT2D eigenvalue weighted by Gasteiger charge is 2.28. The van der Waals surface area contributed by atoms with E-state index in [2.05, 4.69) is 27.5 Å². The SMILES string of the molecule is Cc1nc(-c2ccsc2)sc1C(=O)N1CCC(c2nc3ccccc3[nH]2)CC1. The van der Waals surface area contributed by atoms with Crippen molar-refractivity contribution in [3.8, 4) is 10.6 Å². The third-order valence-electron chi connectivity index (χ3n) is 5.34. The molecule has 1 amide bonds. The van der Waals surface area contributed by atoms with Crippen molar-refractivity contribution < 1.29 is 4.79 Å². The van der Waals surface area contributed by atoms with Gasteiger partial charge in [0.05, 0.1) is 16.7 Å². The maximum absolute atomic E-state index is 13.1. The summed E-state index contributed by atoms with van der Waals surface area (Å²) < 4.78 is 0. The van der Waals surface area contributed by atoms with E-state index in [1.807, 2.05) is 35.4 Å². The Morgan fingerprint density at radius 2 is 2.00 bits per heavy atom. The van der Waals surface area contributed by atoms with Gasteiger partial charge in [-0.25, -0.2) is 9.97 Å². The zero-order valence-electron chi connectivity index (χ0n) is 15.5. The number of nitrogens with zero attached hydrogens (tertiary/aromatic N) is 3. The van der Waals surface area contributed by atoms with Gasteiger partial charge in [-0.15, -0.1) is 11.3 Å². The Morgan fingerprint density at radius 1 is 1.18 bits per heavy atom. The summed E-state index contributed by atoms with van der Waals surface area (Å²) in [6.07, 6.45) is 1.86. The number of fused-ring (bicyclic) bond motifs is 1. The Hall–Kier alpha value is -2.51. The van der Waals surface area contributed by atoms with E-state index >= 15 is 0 Å². The van der Waals surface area contributed by atoms with Crippen LogP contribution in [-0.4, -0.2) is 38.8 Å². The monoisotopic (exact) mass is 408 g/mol. The molecule has 1 aliphatic heterocycles. The first-order valence-corrected chi connectivity index (χ1v) is 11.2.